The highest BCUT2D eigenvalue weighted by Crippen LogP contribution is 2.37. The zero-order valence-electron chi connectivity index (χ0n) is 10.1. The lowest BCUT2D eigenvalue weighted by Crippen LogP contribution is -2.58. The van der Waals surface area contributed by atoms with Gasteiger partial charge in [-0.25, -0.2) is 4.79 Å². The van der Waals surface area contributed by atoms with Crippen LogP contribution in [0.2, 0.25) is 0 Å². The lowest BCUT2D eigenvalue weighted by atomic mass is 9.74. The van der Waals surface area contributed by atoms with Gasteiger partial charge in [-0.05, 0) is 24.6 Å². The Labute approximate surface area is 114 Å². The molecule has 98 valence electrons. The van der Waals surface area contributed by atoms with Crippen molar-refractivity contribution in [2.45, 2.75) is 18.4 Å². The van der Waals surface area contributed by atoms with E-state index in [2.05, 4.69) is 15.9 Å². The molecule has 1 atom stereocenters. The second kappa shape index (κ2) is 5.38. The molecular weight excluding hydrogens is 300 g/mol. The summed E-state index contributed by atoms with van der Waals surface area (Å²) in [5.41, 5.74) is 0.194. The van der Waals surface area contributed by atoms with Gasteiger partial charge in [0.05, 0.1) is 25.2 Å². The third-order valence-corrected chi connectivity index (χ3v) is 3.65. The molecule has 2 rings (SSSR count). The van der Waals surface area contributed by atoms with Gasteiger partial charge in [0.25, 0.3) is 0 Å². The average Bonchev–Trinajstić information content (AvgIpc) is 2.28. The average molecular weight is 315 g/mol. The molecule has 0 amide bonds. The number of halogens is 1. The zero-order chi connectivity index (χ0) is 13.2. The van der Waals surface area contributed by atoms with Crippen LogP contribution >= 0.6 is 15.9 Å². The van der Waals surface area contributed by atoms with Gasteiger partial charge >= 0.3 is 5.97 Å². The number of ether oxygens (including phenoxy) is 2. The third-order valence-electron chi connectivity index (χ3n) is 3.15. The van der Waals surface area contributed by atoms with E-state index in [0.29, 0.717) is 13.2 Å². The first-order chi connectivity index (χ1) is 8.60. The summed E-state index contributed by atoms with van der Waals surface area (Å²) in [6.07, 6.45) is -1.19. The largest absolute Gasteiger partial charge is 0.464 e. The van der Waals surface area contributed by atoms with Crippen LogP contribution in [-0.2, 0) is 19.7 Å². The number of carbonyl (C=O) groups is 1. The Morgan fingerprint density at radius 2 is 2.33 bits per heavy atom. The summed E-state index contributed by atoms with van der Waals surface area (Å²) in [6.45, 7) is 2.62. The summed E-state index contributed by atoms with van der Waals surface area (Å²) in [5, 5.41) is 10.2. The molecule has 1 heterocycles. The second-order valence-electron chi connectivity index (χ2n) is 4.31. The van der Waals surface area contributed by atoms with E-state index in [9.17, 15) is 9.90 Å². The minimum Gasteiger partial charge on any atom is -0.464 e. The van der Waals surface area contributed by atoms with Crippen LogP contribution in [0.4, 0.5) is 0 Å². The summed E-state index contributed by atoms with van der Waals surface area (Å²) < 4.78 is 11.0. The van der Waals surface area contributed by atoms with Gasteiger partial charge in [-0.2, -0.15) is 0 Å². The first-order valence-electron chi connectivity index (χ1n) is 5.78. The zero-order valence-corrected chi connectivity index (χ0v) is 11.6. The highest BCUT2D eigenvalue weighted by Gasteiger charge is 2.50. The third kappa shape index (κ3) is 2.30. The molecule has 1 saturated heterocycles. The van der Waals surface area contributed by atoms with Crippen molar-refractivity contribution in [1.82, 2.24) is 0 Å². The number of rotatable bonds is 4. The van der Waals surface area contributed by atoms with E-state index in [-0.39, 0.29) is 6.61 Å². The molecule has 5 heteroatoms. The minimum atomic E-state index is -1.19. The molecule has 1 fully saturated rings. The molecule has 18 heavy (non-hydrogen) atoms. The van der Waals surface area contributed by atoms with Crippen molar-refractivity contribution in [3.63, 3.8) is 0 Å². The van der Waals surface area contributed by atoms with Gasteiger partial charge in [0, 0.05) is 4.47 Å². The van der Waals surface area contributed by atoms with Gasteiger partial charge in [-0.15, -0.1) is 0 Å². The maximum Gasteiger partial charge on any atom is 0.336 e. The number of aliphatic hydroxyl groups is 1. The number of hydrogen-bond donors (Lipinski definition) is 1. The summed E-state index contributed by atoms with van der Waals surface area (Å²) in [5.74, 6) is -0.597. The van der Waals surface area contributed by atoms with Crippen molar-refractivity contribution in [3.05, 3.63) is 34.3 Å². The number of benzene rings is 1. The maximum absolute atomic E-state index is 11.7. The molecule has 0 radical (unpaired) electrons. The van der Waals surface area contributed by atoms with Crippen LogP contribution in [0, 0.1) is 0 Å². The molecule has 1 aliphatic heterocycles. The van der Waals surface area contributed by atoms with Crippen LogP contribution in [0.5, 0.6) is 0 Å². The Morgan fingerprint density at radius 3 is 2.83 bits per heavy atom. The Morgan fingerprint density at radius 1 is 1.61 bits per heavy atom. The fraction of sp³-hybridized carbons (Fsp3) is 0.462. The molecule has 1 aromatic rings. The SMILES string of the molecule is CCOC(=O)C(O)C1(c2cccc(Br)c2)COC1. The van der Waals surface area contributed by atoms with Crippen LogP contribution in [0.3, 0.4) is 0 Å². The first-order valence-corrected chi connectivity index (χ1v) is 6.58. The Balaban J connectivity index is 2.28. The number of hydrogen-bond acceptors (Lipinski definition) is 4. The standard InChI is InChI=1S/C13H15BrO4/c1-2-18-12(16)11(15)13(7-17-8-13)9-4-3-5-10(14)6-9/h3-6,11,15H,2,7-8H2,1H3. The van der Waals surface area contributed by atoms with Crippen molar-refractivity contribution < 1.29 is 19.4 Å². The van der Waals surface area contributed by atoms with E-state index in [1.54, 1.807) is 6.92 Å². The number of esters is 1. The van der Waals surface area contributed by atoms with Crippen molar-refractivity contribution >= 4 is 21.9 Å². The monoisotopic (exact) mass is 314 g/mol. The van der Waals surface area contributed by atoms with E-state index in [4.69, 9.17) is 9.47 Å². The second-order valence-corrected chi connectivity index (χ2v) is 5.23. The molecule has 0 aliphatic carbocycles. The van der Waals surface area contributed by atoms with Gasteiger partial charge in [0.1, 0.15) is 0 Å². The molecule has 1 aliphatic rings. The summed E-state index contributed by atoms with van der Waals surface area (Å²) in [6, 6.07) is 7.55. The van der Waals surface area contributed by atoms with Crippen LogP contribution in [0.15, 0.2) is 28.7 Å². The predicted molar refractivity (Wildman–Crippen MR) is 69.3 cm³/mol. The van der Waals surface area contributed by atoms with E-state index in [0.717, 1.165) is 10.0 Å². The predicted octanol–water partition coefficient (Wildman–Crippen LogP) is 1.64. The van der Waals surface area contributed by atoms with Crippen LogP contribution in [0.25, 0.3) is 0 Å². The van der Waals surface area contributed by atoms with Crippen molar-refractivity contribution in [2.75, 3.05) is 19.8 Å². The van der Waals surface area contributed by atoms with E-state index in [1.807, 2.05) is 24.3 Å². The van der Waals surface area contributed by atoms with Crippen molar-refractivity contribution in [1.29, 1.82) is 0 Å². The molecule has 1 aromatic carbocycles. The van der Waals surface area contributed by atoms with Crippen molar-refractivity contribution in [3.8, 4) is 0 Å². The van der Waals surface area contributed by atoms with E-state index >= 15 is 0 Å². The highest BCUT2D eigenvalue weighted by atomic mass is 79.9. The molecule has 0 aromatic heterocycles. The molecule has 0 bridgehead atoms. The quantitative estimate of drug-likeness (QED) is 0.858. The van der Waals surface area contributed by atoms with Crippen LogP contribution < -0.4 is 0 Å². The highest BCUT2D eigenvalue weighted by molar-refractivity contribution is 9.10. The molecular formula is C13H15BrO4. The van der Waals surface area contributed by atoms with E-state index in [1.165, 1.54) is 0 Å². The molecule has 1 N–H and O–H groups in total. The van der Waals surface area contributed by atoms with Gasteiger partial charge in [-0.1, -0.05) is 28.1 Å². The Bertz CT molecular complexity index is 442. The van der Waals surface area contributed by atoms with E-state index < -0.39 is 17.5 Å². The molecule has 1 unspecified atom stereocenters. The fourth-order valence-electron chi connectivity index (χ4n) is 2.05. The van der Waals surface area contributed by atoms with Crippen LogP contribution in [-0.4, -0.2) is 37.0 Å². The molecule has 0 saturated carbocycles. The van der Waals surface area contributed by atoms with Crippen molar-refractivity contribution in [2.24, 2.45) is 0 Å². The number of aliphatic hydroxyl groups excluding tert-OH is 1. The Kier molecular flexibility index (Phi) is 4.04. The summed E-state index contributed by atoms with van der Waals surface area (Å²) in [4.78, 5) is 11.7. The first kappa shape index (κ1) is 13.5. The Hall–Kier alpha value is -0.910. The lowest BCUT2D eigenvalue weighted by molar-refractivity contribution is -0.174. The van der Waals surface area contributed by atoms with Gasteiger partial charge < -0.3 is 14.6 Å². The minimum absolute atomic E-state index is 0.255. The lowest BCUT2D eigenvalue weighted by Gasteiger charge is -2.44. The normalized spacial score (nSPS) is 18.8. The fourth-order valence-corrected chi connectivity index (χ4v) is 2.45. The topological polar surface area (TPSA) is 55.8 Å². The van der Waals surface area contributed by atoms with Gasteiger partial charge in [0.15, 0.2) is 6.10 Å². The van der Waals surface area contributed by atoms with Gasteiger partial charge in [0.2, 0.25) is 0 Å². The smallest absolute Gasteiger partial charge is 0.336 e. The van der Waals surface area contributed by atoms with Gasteiger partial charge in [-0.3, -0.25) is 0 Å². The molecule has 4 nitrogen and oxygen atoms in total. The number of carbonyl (C=O) groups excluding carboxylic acids is 1. The maximum atomic E-state index is 11.7. The molecule has 0 spiro atoms. The summed E-state index contributed by atoms with van der Waals surface area (Å²) >= 11 is 3.39. The summed E-state index contributed by atoms with van der Waals surface area (Å²) in [7, 11) is 0. The van der Waals surface area contributed by atoms with Crippen LogP contribution in [0.1, 0.15) is 12.5 Å².